The van der Waals surface area contributed by atoms with E-state index in [0.29, 0.717) is 0 Å². The summed E-state index contributed by atoms with van der Waals surface area (Å²) in [4.78, 5) is 8.14. The summed E-state index contributed by atoms with van der Waals surface area (Å²) >= 11 is 0. The molecule has 0 aliphatic rings. The fourth-order valence-electron chi connectivity index (χ4n) is 1.90. The zero-order chi connectivity index (χ0) is 14.3. The molecule has 0 bridgehead atoms. The third-order valence-corrected chi connectivity index (χ3v) is 2.97. The van der Waals surface area contributed by atoms with Crippen LogP contribution in [0.3, 0.4) is 0 Å². The molecule has 0 aliphatic carbocycles. The minimum atomic E-state index is 0.913. The van der Waals surface area contributed by atoms with E-state index >= 15 is 0 Å². The average molecular weight is 274 g/mol. The summed E-state index contributed by atoms with van der Waals surface area (Å²) in [5.41, 5.74) is 6.95. The highest BCUT2D eigenvalue weighted by atomic mass is 15.3. The summed E-state index contributed by atoms with van der Waals surface area (Å²) in [6.45, 7) is 0. The fraction of sp³-hybridized carbons (Fsp3) is 0. The number of hydrazone groups is 1. The Morgan fingerprint density at radius 3 is 2.43 bits per heavy atom. The van der Waals surface area contributed by atoms with Gasteiger partial charge in [-0.05, 0) is 23.8 Å². The molecule has 2 aromatic carbocycles. The lowest BCUT2D eigenvalue weighted by Crippen LogP contribution is -1.90. The molecule has 1 heterocycles. The van der Waals surface area contributed by atoms with E-state index in [0.717, 1.165) is 22.5 Å². The molecule has 0 atom stereocenters. The number of para-hydroxylation sites is 1. The molecule has 4 heteroatoms. The molecule has 102 valence electrons. The molecule has 0 fully saturated rings. The third kappa shape index (κ3) is 3.51. The largest absolute Gasteiger partial charge is 0.279 e. The van der Waals surface area contributed by atoms with Gasteiger partial charge in [-0.25, -0.2) is 9.97 Å². The van der Waals surface area contributed by atoms with Crippen LogP contribution in [0.1, 0.15) is 5.56 Å². The van der Waals surface area contributed by atoms with Gasteiger partial charge in [0.15, 0.2) is 0 Å². The van der Waals surface area contributed by atoms with Crippen LogP contribution >= 0.6 is 0 Å². The third-order valence-electron chi connectivity index (χ3n) is 2.97. The van der Waals surface area contributed by atoms with Crippen molar-refractivity contribution in [3.05, 3.63) is 78.8 Å². The fourth-order valence-corrected chi connectivity index (χ4v) is 1.90. The number of nitrogens with one attached hydrogen (secondary N) is 1. The van der Waals surface area contributed by atoms with Crippen LogP contribution in [0.4, 0.5) is 5.69 Å². The maximum atomic E-state index is 4.22. The maximum absolute atomic E-state index is 4.22. The summed E-state index contributed by atoms with van der Waals surface area (Å²) < 4.78 is 0. The molecule has 3 rings (SSSR count). The van der Waals surface area contributed by atoms with Gasteiger partial charge in [0.25, 0.3) is 0 Å². The van der Waals surface area contributed by atoms with E-state index in [1.807, 2.05) is 60.7 Å². The quantitative estimate of drug-likeness (QED) is 0.584. The number of hydrogen-bond acceptors (Lipinski definition) is 4. The highest BCUT2D eigenvalue weighted by Gasteiger charge is 1.97. The van der Waals surface area contributed by atoms with Crippen LogP contribution in [0.2, 0.25) is 0 Å². The van der Waals surface area contributed by atoms with Gasteiger partial charge >= 0.3 is 0 Å². The molecular weight excluding hydrogens is 260 g/mol. The van der Waals surface area contributed by atoms with Crippen molar-refractivity contribution in [2.45, 2.75) is 0 Å². The first-order valence-corrected chi connectivity index (χ1v) is 6.62. The first-order chi connectivity index (χ1) is 10.4. The van der Waals surface area contributed by atoms with Gasteiger partial charge < -0.3 is 0 Å². The second-order valence-corrected chi connectivity index (χ2v) is 4.45. The van der Waals surface area contributed by atoms with E-state index < -0.39 is 0 Å². The highest BCUT2D eigenvalue weighted by molar-refractivity contribution is 5.81. The lowest BCUT2D eigenvalue weighted by Gasteiger charge is -2.01. The van der Waals surface area contributed by atoms with Gasteiger partial charge in [0, 0.05) is 11.8 Å². The molecule has 0 aliphatic heterocycles. The van der Waals surface area contributed by atoms with Crippen LogP contribution in [0.15, 0.2) is 78.3 Å². The second-order valence-electron chi connectivity index (χ2n) is 4.45. The highest BCUT2D eigenvalue weighted by Crippen LogP contribution is 2.15. The van der Waals surface area contributed by atoms with Crippen LogP contribution < -0.4 is 5.43 Å². The minimum absolute atomic E-state index is 0.913. The number of anilines is 1. The Morgan fingerprint density at radius 1 is 0.905 bits per heavy atom. The van der Waals surface area contributed by atoms with Crippen molar-refractivity contribution < 1.29 is 0 Å². The zero-order valence-electron chi connectivity index (χ0n) is 11.3. The Kier molecular flexibility index (Phi) is 3.98. The van der Waals surface area contributed by atoms with Crippen molar-refractivity contribution >= 4 is 11.9 Å². The number of benzene rings is 2. The number of aromatic nitrogens is 2. The van der Waals surface area contributed by atoms with Crippen LogP contribution in [0.25, 0.3) is 11.3 Å². The van der Waals surface area contributed by atoms with E-state index in [2.05, 4.69) is 20.5 Å². The molecule has 0 saturated heterocycles. The Bertz CT molecular complexity index is 707. The normalized spacial score (nSPS) is 10.7. The van der Waals surface area contributed by atoms with Gasteiger partial charge in [0.05, 0.1) is 17.6 Å². The molecule has 1 N–H and O–H groups in total. The molecule has 0 radical (unpaired) electrons. The van der Waals surface area contributed by atoms with Crippen molar-refractivity contribution in [3.8, 4) is 11.3 Å². The molecule has 3 aromatic rings. The van der Waals surface area contributed by atoms with Gasteiger partial charge in [-0.2, -0.15) is 5.10 Å². The molecule has 0 amide bonds. The van der Waals surface area contributed by atoms with Crippen LogP contribution in [-0.4, -0.2) is 16.2 Å². The SMILES string of the molecule is C(=NNc1ccccc1)c1ccc(-c2ccncn2)cc1. The van der Waals surface area contributed by atoms with E-state index in [-0.39, 0.29) is 0 Å². The van der Waals surface area contributed by atoms with Crippen LogP contribution in [0, 0.1) is 0 Å². The van der Waals surface area contributed by atoms with E-state index in [1.54, 1.807) is 18.7 Å². The van der Waals surface area contributed by atoms with Crippen molar-refractivity contribution in [1.82, 2.24) is 9.97 Å². The predicted octanol–water partition coefficient (Wildman–Crippen LogP) is 3.59. The first-order valence-electron chi connectivity index (χ1n) is 6.62. The molecule has 0 saturated carbocycles. The molecular formula is C17H14N4. The Labute approximate surface area is 123 Å². The van der Waals surface area contributed by atoms with Crippen LogP contribution in [-0.2, 0) is 0 Å². The van der Waals surface area contributed by atoms with Crippen molar-refractivity contribution in [2.75, 3.05) is 5.43 Å². The molecule has 1 aromatic heterocycles. The second kappa shape index (κ2) is 6.43. The number of nitrogens with zero attached hydrogens (tertiary/aromatic N) is 3. The lowest BCUT2D eigenvalue weighted by molar-refractivity contribution is 1.17. The minimum Gasteiger partial charge on any atom is -0.279 e. The molecule has 21 heavy (non-hydrogen) atoms. The van der Waals surface area contributed by atoms with Crippen molar-refractivity contribution in [2.24, 2.45) is 5.10 Å². The Balaban J connectivity index is 1.67. The van der Waals surface area contributed by atoms with Crippen LogP contribution in [0.5, 0.6) is 0 Å². The van der Waals surface area contributed by atoms with E-state index in [1.165, 1.54) is 0 Å². The molecule has 0 spiro atoms. The molecule has 4 nitrogen and oxygen atoms in total. The number of hydrogen-bond donors (Lipinski definition) is 1. The zero-order valence-corrected chi connectivity index (χ0v) is 11.3. The van der Waals surface area contributed by atoms with E-state index in [9.17, 15) is 0 Å². The van der Waals surface area contributed by atoms with Gasteiger partial charge in [0.1, 0.15) is 6.33 Å². The van der Waals surface area contributed by atoms with Gasteiger partial charge in [-0.3, -0.25) is 5.43 Å². The lowest BCUT2D eigenvalue weighted by atomic mass is 10.1. The maximum Gasteiger partial charge on any atom is 0.116 e. The monoisotopic (exact) mass is 274 g/mol. The average Bonchev–Trinajstić information content (AvgIpc) is 2.57. The van der Waals surface area contributed by atoms with Gasteiger partial charge in [0.2, 0.25) is 0 Å². The molecule has 0 unspecified atom stereocenters. The van der Waals surface area contributed by atoms with Crippen molar-refractivity contribution in [1.29, 1.82) is 0 Å². The van der Waals surface area contributed by atoms with Gasteiger partial charge in [-0.15, -0.1) is 0 Å². The van der Waals surface area contributed by atoms with E-state index in [4.69, 9.17) is 0 Å². The van der Waals surface area contributed by atoms with Gasteiger partial charge in [-0.1, -0.05) is 42.5 Å². The summed E-state index contributed by atoms with van der Waals surface area (Å²) in [6, 6.07) is 19.8. The number of rotatable bonds is 4. The Hall–Kier alpha value is -3.01. The summed E-state index contributed by atoms with van der Waals surface area (Å²) in [5.74, 6) is 0. The smallest absolute Gasteiger partial charge is 0.116 e. The topological polar surface area (TPSA) is 50.2 Å². The summed E-state index contributed by atoms with van der Waals surface area (Å²) in [7, 11) is 0. The van der Waals surface area contributed by atoms with Crippen molar-refractivity contribution in [3.63, 3.8) is 0 Å². The Morgan fingerprint density at radius 2 is 1.71 bits per heavy atom. The standard InChI is InChI=1S/C17H14N4/c1-2-4-16(5-3-1)21-20-12-14-6-8-15(9-7-14)17-10-11-18-13-19-17/h1-13,21H. The summed E-state index contributed by atoms with van der Waals surface area (Å²) in [5, 5.41) is 4.21. The first kappa shape index (κ1) is 13.0. The predicted molar refractivity (Wildman–Crippen MR) is 85.1 cm³/mol. The summed E-state index contributed by atoms with van der Waals surface area (Å²) in [6.07, 6.45) is 5.08.